The molecule has 2 aliphatic rings. The third kappa shape index (κ3) is 3.03. The lowest BCUT2D eigenvalue weighted by Crippen LogP contribution is -2.43. The van der Waals surface area contributed by atoms with E-state index in [-0.39, 0.29) is 18.6 Å². The lowest BCUT2D eigenvalue weighted by atomic mass is 9.99. The summed E-state index contributed by atoms with van der Waals surface area (Å²) in [6, 6.07) is 5.44. The van der Waals surface area contributed by atoms with Gasteiger partial charge in [-0.1, -0.05) is 0 Å². The first kappa shape index (κ1) is 14.5. The number of nitrogens with one attached hydrogen (secondary N) is 1. The van der Waals surface area contributed by atoms with E-state index < -0.39 is 0 Å². The van der Waals surface area contributed by atoms with Gasteiger partial charge in [-0.3, -0.25) is 0 Å². The Bertz CT molecular complexity index is 723. The Morgan fingerprint density at radius 2 is 2.26 bits per heavy atom. The molecule has 2 heterocycles. The number of aromatic nitrogens is 1. The second-order valence-corrected chi connectivity index (χ2v) is 6.58. The second kappa shape index (κ2) is 5.85. The van der Waals surface area contributed by atoms with E-state index >= 15 is 0 Å². The average Bonchev–Trinajstić information content (AvgIpc) is 3.34. The van der Waals surface area contributed by atoms with Gasteiger partial charge in [0.15, 0.2) is 11.5 Å². The number of fused-ring (bicyclic) bond motifs is 1. The van der Waals surface area contributed by atoms with Gasteiger partial charge < -0.3 is 19.7 Å². The summed E-state index contributed by atoms with van der Waals surface area (Å²) in [6.07, 6.45) is 4.22. The van der Waals surface area contributed by atoms with Crippen molar-refractivity contribution in [2.75, 3.05) is 25.0 Å². The van der Waals surface area contributed by atoms with Crippen molar-refractivity contribution in [3.8, 4) is 0 Å². The fourth-order valence-corrected chi connectivity index (χ4v) is 3.13. The summed E-state index contributed by atoms with van der Waals surface area (Å²) in [5.74, 6) is 1.48. The van der Waals surface area contributed by atoms with Crippen LogP contribution in [0.2, 0.25) is 0 Å². The lowest BCUT2D eigenvalue weighted by Gasteiger charge is -2.31. The highest BCUT2D eigenvalue weighted by molar-refractivity contribution is 5.91. The number of rotatable bonds is 3. The highest BCUT2D eigenvalue weighted by atomic mass is 16.3. The molecule has 2 aromatic rings. The van der Waals surface area contributed by atoms with Crippen molar-refractivity contribution in [2.24, 2.45) is 5.92 Å². The van der Waals surface area contributed by atoms with Gasteiger partial charge in [0.1, 0.15) is 5.52 Å². The van der Waals surface area contributed by atoms with Crippen molar-refractivity contribution in [1.29, 1.82) is 0 Å². The standard InChI is InChI=1S/C17H21N3O3/c21-10-11-2-1-7-20(9-11)17(22)18-13-5-6-15-14(8-13)19-16(23-15)12-3-4-12/h5-6,8,11-12,21H,1-4,7,9-10H2,(H,18,22). The van der Waals surface area contributed by atoms with Crippen LogP contribution in [0, 0.1) is 5.92 Å². The second-order valence-electron chi connectivity index (χ2n) is 6.58. The molecule has 2 N–H and O–H groups in total. The largest absolute Gasteiger partial charge is 0.440 e. The number of oxazole rings is 1. The van der Waals surface area contributed by atoms with Crippen molar-refractivity contribution in [3.05, 3.63) is 24.1 Å². The number of carbonyl (C=O) groups excluding carboxylic acids is 1. The molecule has 122 valence electrons. The van der Waals surface area contributed by atoms with Crippen molar-refractivity contribution in [2.45, 2.75) is 31.6 Å². The van der Waals surface area contributed by atoms with E-state index in [0.29, 0.717) is 12.5 Å². The van der Waals surface area contributed by atoms with Gasteiger partial charge in [0.2, 0.25) is 0 Å². The minimum Gasteiger partial charge on any atom is -0.440 e. The van der Waals surface area contributed by atoms with Crippen LogP contribution >= 0.6 is 0 Å². The number of hydrogen-bond acceptors (Lipinski definition) is 4. The van der Waals surface area contributed by atoms with Crippen LogP contribution in [0.3, 0.4) is 0 Å². The number of urea groups is 1. The molecule has 1 saturated heterocycles. The molecule has 2 fully saturated rings. The number of benzene rings is 1. The van der Waals surface area contributed by atoms with Crippen LogP contribution in [0.4, 0.5) is 10.5 Å². The molecule has 1 aromatic heterocycles. The van der Waals surface area contributed by atoms with Crippen LogP contribution in [0.15, 0.2) is 22.6 Å². The molecule has 0 radical (unpaired) electrons. The zero-order chi connectivity index (χ0) is 15.8. The lowest BCUT2D eigenvalue weighted by molar-refractivity contribution is 0.136. The fourth-order valence-electron chi connectivity index (χ4n) is 3.13. The van der Waals surface area contributed by atoms with Gasteiger partial charge >= 0.3 is 6.03 Å². The minimum atomic E-state index is -0.117. The molecular formula is C17H21N3O3. The van der Waals surface area contributed by atoms with Gasteiger partial charge in [0, 0.05) is 31.3 Å². The van der Waals surface area contributed by atoms with E-state index in [2.05, 4.69) is 10.3 Å². The first-order valence-corrected chi connectivity index (χ1v) is 8.30. The summed E-state index contributed by atoms with van der Waals surface area (Å²) in [7, 11) is 0. The predicted molar refractivity (Wildman–Crippen MR) is 86.4 cm³/mol. The quantitative estimate of drug-likeness (QED) is 0.913. The zero-order valence-electron chi connectivity index (χ0n) is 13.0. The Hall–Kier alpha value is -2.08. The predicted octanol–water partition coefficient (Wildman–Crippen LogP) is 2.94. The van der Waals surface area contributed by atoms with E-state index in [1.165, 1.54) is 0 Å². The summed E-state index contributed by atoms with van der Waals surface area (Å²) < 4.78 is 5.73. The number of piperidine rings is 1. The molecule has 0 bridgehead atoms. The molecule has 2 amide bonds. The zero-order valence-corrected chi connectivity index (χ0v) is 13.0. The number of anilines is 1. The van der Waals surface area contributed by atoms with Gasteiger partial charge in [-0.05, 0) is 49.8 Å². The molecule has 6 nitrogen and oxygen atoms in total. The average molecular weight is 315 g/mol. The van der Waals surface area contributed by atoms with E-state index in [1.807, 2.05) is 18.2 Å². The Morgan fingerprint density at radius 1 is 1.39 bits per heavy atom. The highest BCUT2D eigenvalue weighted by Gasteiger charge is 2.29. The maximum absolute atomic E-state index is 12.4. The van der Waals surface area contributed by atoms with E-state index in [0.717, 1.165) is 54.9 Å². The maximum Gasteiger partial charge on any atom is 0.321 e. The van der Waals surface area contributed by atoms with Crippen LogP contribution in [-0.2, 0) is 0 Å². The Morgan fingerprint density at radius 3 is 3.04 bits per heavy atom. The molecule has 1 atom stereocenters. The van der Waals surface area contributed by atoms with Gasteiger partial charge in [0.25, 0.3) is 0 Å². The van der Waals surface area contributed by atoms with Crippen LogP contribution in [0.5, 0.6) is 0 Å². The minimum absolute atomic E-state index is 0.117. The molecule has 1 unspecified atom stereocenters. The molecular weight excluding hydrogens is 294 g/mol. The van der Waals surface area contributed by atoms with Gasteiger partial charge in [-0.25, -0.2) is 9.78 Å². The highest BCUT2D eigenvalue weighted by Crippen LogP contribution is 2.40. The topological polar surface area (TPSA) is 78.6 Å². The number of likely N-dealkylation sites (tertiary alicyclic amines) is 1. The van der Waals surface area contributed by atoms with Gasteiger partial charge in [-0.15, -0.1) is 0 Å². The molecule has 4 rings (SSSR count). The van der Waals surface area contributed by atoms with E-state index in [4.69, 9.17) is 4.42 Å². The third-order valence-corrected chi connectivity index (χ3v) is 4.65. The Balaban J connectivity index is 1.47. The van der Waals surface area contributed by atoms with E-state index in [1.54, 1.807) is 4.90 Å². The SMILES string of the molecule is O=C(Nc1ccc2oc(C3CC3)nc2c1)N1CCCC(CO)C1. The first-order valence-electron chi connectivity index (χ1n) is 8.30. The molecule has 1 aliphatic carbocycles. The molecule has 1 saturated carbocycles. The normalized spacial score (nSPS) is 21.6. The molecule has 1 aromatic carbocycles. The monoisotopic (exact) mass is 315 g/mol. The number of hydrogen-bond donors (Lipinski definition) is 2. The van der Waals surface area contributed by atoms with Crippen molar-refractivity contribution >= 4 is 22.8 Å². The number of nitrogens with zero attached hydrogens (tertiary/aromatic N) is 2. The molecule has 1 aliphatic heterocycles. The van der Waals surface area contributed by atoms with Crippen molar-refractivity contribution < 1.29 is 14.3 Å². The smallest absolute Gasteiger partial charge is 0.321 e. The van der Waals surface area contributed by atoms with E-state index in [9.17, 15) is 9.90 Å². The Labute approximate surface area is 134 Å². The number of carbonyl (C=O) groups is 1. The van der Waals surface area contributed by atoms with Crippen molar-refractivity contribution in [1.82, 2.24) is 9.88 Å². The van der Waals surface area contributed by atoms with Gasteiger partial charge in [0.05, 0.1) is 0 Å². The third-order valence-electron chi connectivity index (χ3n) is 4.65. The van der Waals surface area contributed by atoms with Crippen LogP contribution in [0.1, 0.15) is 37.5 Å². The number of aliphatic hydroxyl groups is 1. The van der Waals surface area contributed by atoms with Crippen LogP contribution < -0.4 is 5.32 Å². The van der Waals surface area contributed by atoms with Crippen molar-refractivity contribution in [3.63, 3.8) is 0 Å². The van der Waals surface area contributed by atoms with Crippen LogP contribution in [0.25, 0.3) is 11.1 Å². The summed E-state index contributed by atoms with van der Waals surface area (Å²) in [6.45, 7) is 1.49. The summed E-state index contributed by atoms with van der Waals surface area (Å²) in [5.41, 5.74) is 2.28. The Kier molecular flexibility index (Phi) is 3.69. The molecule has 23 heavy (non-hydrogen) atoms. The number of amides is 2. The van der Waals surface area contributed by atoms with Gasteiger partial charge in [-0.2, -0.15) is 0 Å². The van der Waals surface area contributed by atoms with Crippen LogP contribution in [-0.4, -0.2) is 40.7 Å². The first-order chi connectivity index (χ1) is 11.2. The summed E-state index contributed by atoms with van der Waals surface area (Å²) >= 11 is 0. The fraction of sp³-hybridized carbons (Fsp3) is 0.529. The number of aliphatic hydroxyl groups excluding tert-OH is 1. The summed E-state index contributed by atoms with van der Waals surface area (Å²) in [4.78, 5) is 18.7. The summed E-state index contributed by atoms with van der Waals surface area (Å²) in [5, 5.41) is 12.2. The molecule has 6 heteroatoms. The molecule has 0 spiro atoms. The maximum atomic E-state index is 12.4.